The highest BCUT2D eigenvalue weighted by atomic mass is 16.5. The Morgan fingerprint density at radius 2 is 0.564 bits per heavy atom. The molecule has 328 valence electrons. The molecule has 55 heavy (non-hydrogen) atoms. The number of rotatable bonds is 42. The molecule has 0 radical (unpaired) electrons. The molecule has 0 aromatic heterocycles. The zero-order valence-electron chi connectivity index (χ0n) is 37.7. The molecule has 0 saturated carbocycles. The average Bonchev–Trinajstić information content (AvgIpc) is 3.18. The van der Waals surface area contributed by atoms with Gasteiger partial charge in [-0.3, -0.25) is 0 Å². The maximum absolute atomic E-state index is 12.8. The summed E-state index contributed by atoms with van der Waals surface area (Å²) < 4.78 is 11.3. The molecule has 8 nitrogen and oxygen atoms in total. The van der Waals surface area contributed by atoms with Crippen LogP contribution in [-0.4, -0.2) is 111 Å². The lowest BCUT2D eigenvalue weighted by Gasteiger charge is -2.40. The van der Waals surface area contributed by atoms with E-state index in [9.17, 15) is 19.8 Å². The first-order valence-corrected chi connectivity index (χ1v) is 23.7. The van der Waals surface area contributed by atoms with Crippen molar-refractivity contribution in [3.63, 3.8) is 0 Å². The van der Waals surface area contributed by atoms with E-state index in [1.807, 2.05) is 0 Å². The van der Waals surface area contributed by atoms with Crippen LogP contribution in [0.25, 0.3) is 0 Å². The quantitative estimate of drug-likeness (QED) is 0.0364. The molecule has 2 N–H and O–H groups in total. The van der Waals surface area contributed by atoms with Gasteiger partial charge in [0, 0.05) is 0 Å². The fraction of sp³-hybridized carbons (Fsp3) is 0.957. The molecule has 2 unspecified atom stereocenters. The van der Waals surface area contributed by atoms with E-state index in [2.05, 4.69) is 27.9 Å². The topological polar surface area (TPSA) is 93.1 Å². The number of carbonyl (C=O) groups excluding carboxylic acids is 2. The summed E-state index contributed by atoms with van der Waals surface area (Å²) in [4.78, 5) is 25.5. The molecule has 0 aliphatic carbocycles. The number of ether oxygens (including phenoxy) is 2. The van der Waals surface area contributed by atoms with Crippen LogP contribution in [0.2, 0.25) is 0 Å². The number of unbranched alkanes of at least 4 members (excludes halogenated alkanes) is 28. The second-order valence-corrected chi connectivity index (χ2v) is 17.5. The van der Waals surface area contributed by atoms with Crippen LogP contribution in [0.15, 0.2) is 0 Å². The molecular formula is C47H96N2O6+2. The number of hydrogen-bond acceptors (Lipinski definition) is 6. The van der Waals surface area contributed by atoms with Gasteiger partial charge in [0.1, 0.15) is 13.2 Å². The van der Waals surface area contributed by atoms with Gasteiger partial charge < -0.3 is 28.7 Å². The van der Waals surface area contributed by atoms with Crippen molar-refractivity contribution in [3.05, 3.63) is 0 Å². The minimum Gasteiger partial charge on any atom is -0.465 e. The molecule has 0 aromatic rings. The Morgan fingerprint density at radius 1 is 0.382 bits per heavy atom. The molecule has 0 aliphatic heterocycles. The van der Waals surface area contributed by atoms with Gasteiger partial charge in [0.25, 0.3) is 0 Å². The number of nitrogens with zero attached hydrogens (tertiary/aromatic N) is 2. The highest BCUT2D eigenvalue weighted by Crippen LogP contribution is 2.22. The molecule has 0 saturated heterocycles. The number of esters is 2. The number of aliphatic hydroxyl groups excluding tert-OH is 2. The SMILES string of the molecule is CCCCCCCCCCCCCCCC[N+](C)(CCCCC[N+](C)(CCCCCCCCCCCCCCCC)[C@@H](CO)C(=O)OC)[C@@H](CO)C(=O)OC. The zero-order chi connectivity index (χ0) is 40.9. The van der Waals surface area contributed by atoms with E-state index in [-0.39, 0.29) is 25.2 Å². The van der Waals surface area contributed by atoms with Crippen molar-refractivity contribution >= 4 is 11.9 Å². The highest BCUT2D eigenvalue weighted by molar-refractivity contribution is 5.74. The Hall–Kier alpha value is -1.22. The van der Waals surface area contributed by atoms with E-state index in [4.69, 9.17) is 9.47 Å². The second kappa shape index (κ2) is 37.1. The molecular weight excluding hydrogens is 689 g/mol. The highest BCUT2D eigenvalue weighted by Gasteiger charge is 2.40. The largest absolute Gasteiger partial charge is 0.465 e. The number of quaternary nitrogens is 2. The maximum Gasteiger partial charge on any atom is 0.367 e. The first-order chi connectivity index (χ1) is 26.7. The molecule has 0 spiro atoms. The average molecular weight is 785 g/mol. The van der Waals surface area contributed by atoms with Crippen LogP contribution in [0.5, 0.6) is 0 Å². The number of methoxy groups -OCH3 is 2. The van der Waals surface area contributed by atoms with Crippen molar-refractivity contribution in [3.8, 4) is 0 Å². The standard InChI is InChI=1S/C47H96N2O6/c1-7-9-11-13-15-17-19-21-23-25-27-29-31-34-38-48(3,44(42-50)46(52)54-5)40-36-33-37-41-49(4,45(43-51)47(53)55-6)39-35-32-30-28-26-24-22-20-18-16-14-12-10-8-2/h44-45,50-51H,7-43H2,1-6H3/q+2/t44-,45-,48?,49?/m0/s1. The number of carbonyl (C=O) groups is 2. The van der Waals surface area contributed by atoms with Crippen LogP contribution in [0.1, 0.15) is 213 Å². The summed E-state index contributed by atoms with van der Waals surface area (Å²) in [6.45, 7) is 7.40. The first kappa shape index (κ1) is 53.8. The Morgan fingerprint density at radius 3 is 0.745 bits per heavy atom. The van der Waals surface area contributed by atoms with Gasteiger partial charge >= 0.3 is 11.9 Å². The van der Waals surface area contributed by atoms with E-state index < -0.39 is 12.1 Å². The zero-order valence-corrected chi connectivity index (χ0v) is 37.7. The summed E-state index contributed by atoms with van der Waals surface area (Å²) in [6, 6.07) is -1.15. The molecule has 8 heteroatoms. The van der Waals surface area contributed by atoms with Crippen molar-refractivity contribution in [2.45, 2.75) is 225 Å². The second-order valence-electron chi connectivity index (χ2n) is 17.5. The van der Waals surface area contributed by atoms with Gasteiger partial charge in [-0.15, -0.1) is 0 Å². The van der Waals surface area contributed by atoms with Gasteiger partial charge in [0.15, 0.2) is 0 Å². The summed E-state index contributed by atoms with van der Waals surface area (Å²) >= 11 is 0. The summed E-state index contributed by atoms with van der Waals surface area (Å²) in [6.07, 6.45) is 39.5. The Bertz CT molecular complexity index is 806. The van der Waals surface area contributed by atoms with Crippen molar-refractivity contribution in [2.75, 3.05) is 67.7 Å². The first-order valence-electron chi connectivity index (χ1n) is 23.7. The van der Waals surface area contributed by atoms with Gasteiger partial charge in [-0.05, 0) is 44.9 Å². The van der Waals surface area contributed by atoms with Crippen molar-refractivity contribution in [1.82, 2.24) is 0 Å². The lowest BCUT2D eigenvalue weighted by atomic mass is 10.0. The summed E-state index contributed by atoms with van der Waals surface area (Å²) in [5, 5.41) is 20.6. The van der Waals surface area contributed by atoms with E-state index >= 15 is 0 Å². The number of likely N-dealkylation sites (N-methyl/N-ethyl adjacent to an activating group) is 2. The third kappa shape index (κ3) is 27.2. The number of hydrogen-bond donors (Lipinski definition) is 2. The van der Waals surface area contributed by atoms with Gasteiger partial charge in [-0.25, -0.2) is 9.59 Å². The maximum atomic E-state index is 12.8. The number of aliphatic hydroxyl groups is 2. The smallest absolute Gasteiger partial charge is 0.367 e. The molecule has 0 aliphatic rings. The Kier molecular flexibility index (Phi) is 36.3. The summed E-state index contributed by atoms with van der Waals surface area (Å²) in [7, 11) is 7.04. The molecule has 0 aromatic carbocycles. The lowest BCUT2D eigenvalue weighted by molar-refractivity contribution is -0.928. The fourth-order valence-electron chi connectivity index (χ4n) is 8.63. The van der Waals surface area contributed by atoms with Gasteiger partial charge in [-0.1, -0.05) is 168 Å². The molecule has 0 fully saturated rings. The van der Waals surface area contributed by atoms with Crippen LogP contribution < -0.4 is 0 Å². The lowest BCUT2D eigenvalue weighted by Crippen LogP contribution is -2.59. The monoisotopic (exact) mass is 785 g/mol. The Labute approximate surface area is 342 Å². The van der Waals surface area contributed by atoms with Crippen molar-refractivity contribution in [1.29, 1.82) is 0 Å². The van der Waals surface area contributed by atoms with Crippen LogP contribution >= 0.6 is 0 Å². The van der Waals surface area contributed by atoms with E-state index in [0.29, 0.717) is 8.97 Å². The predicted octanol–water partition coefficient (Wildman–Crippen LogP) is 11.1. The van der Waals surface area contributed by atoms with E-state index in [0.717, 1.165) is 71.1 Å². The molecule has 0 amide bonds. The molecule has 0 bridgehead atoms. The summed E-state index contributed by atoms with van der Waals surface area (Å²) in [5.41, 5.74) is 0. The third-order valence-corrected chi connectivity index (χ3v) is 12.7. The molecule has 0 rings (SSSR count). The van der Waals surface area contributed by atoms with E-state index in [1.165, 1.54) is 168 Å². The third-order valence-electron chi connectivity index (χ3n) is 12.7. The van der Waals surface area contributed by atoms with Gasteiger partial charge in [0.05, 0.1) is 54.5 Å². The summed E-state index contributed by atoms with van der Waals surface area (Å²) in [5.74, 6) is -0.673. The predicted molar refractivity (Wildman–Crippen MR) is 232 cm³/mol. The fourth-order valence-corrected chi connectivity index (χ4v) is 8.63. The van der Waals surface area contributed by atoms with Crippen LogP contribution in [0.4, 0.5) is 0 Å². The normalized spacial score (nSPS) is 15.0. The Balaban J connectivity index is 4.74. The van der Waals surface area contributed by atoms with Crippen LogP contribution in [0, 0.1) is 0 Å². The van der Waals surface area contributed by atoms with Gasteiger partial charge in [0.2, 0.25) is 12.1 Å². The molecule has 0 heterocycles. The van der Waals surface area contributed by atoms with Crippen LogP contribution in [-0.2, 0) is 19.1 Å². The van der Waals surface area contributed by atoms with Gasteiger partial charge in [-0.2, -0.15) is 0 Å². The molecule has 4 atom stereocenters. The van der Waals surface area contributed by atoms with Crippen LogP contribution in [0.3, 0.4) is 0 Å². The minimum absolute atomic E-state index is 0.215. The minimum atomic E-state index is -0.577. The van der Waals surface area contributed by atoms with Crippen molar-refractivity contribution < 1.29 is 38.2 Å². The van der Waals surface area contributed by atoms with E-state index in [1.54, 1.807) is 0 Å². The van der Waals surface area contributed by atoms with Crippen molar-refractivity contribution in [2.24, 2.45) is 0 Å².